The van der Waals surface area contributed by atoms with E-state index in [0.29, 0.717) is 19.3 Å². The highest BCUT2D eigenvalue weighted by Gasteiger charge is 2.29. The van der Waals surface area contributed by atoms with E-state index < -0.39 is 16.0 Å². The monoisotopic (exact) mass is 341 g/mol. The molecule has 0 bridgehead atoms. The molecule has 0 saturated heterocycles. The number of aryl methyl sites for hydroxylation is 1. The van der Waals surface area contributed by atoms with E-state index in [4.69, 9.17) is 5.11 Å². The lowest BCUT2D eigenvalue weighted by atomic mass is 9.84. The Morgan fingerprint density at radius 1 is 1.17 bits per heavy atom. The molecule has 0 amide bonds. The van der Waals surface area contributed by atoms with E-state index in [0.717, 1.165) is 5.56 Å². The van der Waals surface area contributed by atoms with Crippen molar-refractivity contribution in [3.8, 4) is 0 Å². The Balaban J connectivity index is 2.80. The number of sulfonamides is 1. The van der Waals surface area contributed by atoms with Gasteiger partial charge in [0.05, 0.1) is 4.90 Å². The topological polar surface area (TPSA) is 83.5 Å². The van der Waals surface area contributed by atoms with E-state index >= 15 is 0 Å². The van der Waals surface area contributed by atoms with Crippen molar-refractivity contribution in [3.63, 3.8) is 0 Å². The summed E-state index contributed by atoms with van der Waals surface area (Å²) in [6, 6.07) is 6.49. The summed E-state index contributed by atoms with van der Waals surface area (Å²) in [4.78, 5) is 10.8. The fraction of sp³-hybridized carbons (Fsp3) is 0.588. The maximum absolute atomic E-state index is 12.5. The van der Waals surface area contributed by atoms with Gasteiger partial charge in [-0.3, -0.25) is 4.79 Å². The molecule has 0 heterocycles. The summed E-state index contributed by atoms with van der Waals surface area (Å²) in [5.74, 6) is -0.822. The first-order chi connectivity index (χ1) is 10.5. The van der Waals surface area contributed by atoms with Crippen LogP contribution in [-0.2, 0) is 14.8 Å². The van der Waals surface area contributed by atoms with Crippen LogP contribution in [0.2, 0.25) is 0 Å². The Morgan fingerprint density at radius 2 is 1.74 bits per heavy atom. The Bertz CT molecular complexity index is 615. The molecule has 1 unspecified atom stereocenters. The van der Waals surface area contributed by atoms with Crippen molar-refractivity contribution < 1.29 is 18.3 Å². The van der Waals surface area contributed by atoms with Gasteiger partial charge in [0.2, 0.25) is 10.0 Å². The van der Waals surface area contributed by atoms with Crippen molar-refractivity contribution in [2.75, 3.05) is 0 Å². The average molecular weight is 341 g/mol. The lowest BCUT2D eigenvalue weighted by Gasteiger charge is -2.31. The number of benzene rings is 1. The second kappa shape index (κ2) is 7.93. The first-order valence-corrected chi connectivity index (χ1v) is 9.31. The molecule has 0 fully saturated rings. The molecule has 1 aromatic carbocycles. The lowest BCUT2D eigenvalue weighted by molar-refractivity contribution is -0.137. The van der Waals surface area contributed by atoms with Crippen molar-refractivity contribution in [2.45, 2.75) is 64.3 Å². The van der Waals surface area contributed by atoms with E-state index in [1.54, 1.807) is 24.3 Å². The summed E-state index contributed by atoms with van der Waals surface area (Å²) >= 11 is 0. The van der Waals surface area contributed by atoms with Crippen LogP contribution in [0.4, 0.5) is 0 Å². The van der Waals surface area contributed by atoms with Gasteiger partial charge in [-0.05, 0) is 37.3 Å². The SMILES string of the molecule is Cc1ccc(S(=O)(=O)NC(CCCCC(=O)O)C(C)(C)C)cc1. The van der Waals surface area contributed by atoms with Gasteiger partial charge in [0, 0.05) is 12.5 Å². The molecule has 0 radical (unpaired) electrons. The molecule has 1 rings (SSSR count). The van der Waals surface area contributed by atoms with E-state index in [9.17, 15) is 13.2 Å². The fourth-order valence-corrected chi connectivity index (χ4v) is 3.74. The van der Waals surface area contributed by atoms with Crippen LogP contribution in [0.25, 0.3) is 0 Å². The van der Waals surface area contributed by atoms with Crippen LogP contribution in [-0.4, -0.2) is 25.5 Å². The molecular weight excluding hydrogens is 314 g/mol. The van der Waals surface area contributed by atoms with Gasteiger partial charge >= 0.3 is 5.97 Å². The first kappa shape index (κ1) is 19.6. The van der Waals surface area contributed by atoms with Crippen LogP contribution in [0.1, 0.15) is 52.0 Å². The number of hydrogen-bond acceptors (Lipinski definition) is 3. The Morgan fingerprint density at radius 3 is 2.22 bits per heavy atom. The molecule has 0 spiro atoms. The maximum atomic E-state index is 12.5. The summed E-state index contributed by atoms with van der Waals surface area (Å²) < 4.78 is 27.9. The van der Waals surface area contributed by atoms with Gasteiger partial charge in [-0.15, -0.1) is 0 Å². The Hall–Kier alpha value is -1.40. The maximum Gasteiger partial charge on any atom is 0.303 e. The van der Waals surface area contributed by atoms with Crippen LogP contribution in [0.15, 0.2) is 29.2 Å². The van der Waals surface area contributed by atoms with Crippen molar-refractivity contribution in [1.82, 2.24) is 4.72 Å². The van der Waals surface area contributed by atoms with Gasteiger partial charge < -0.3 is 5.11 Å². The number of carboxylic acids is 1. The number of rotatable bonds is 8. The van der Waals surface area contributed by atoms with Crippen LogP contribution in [0.5, 0.6) is 0 Å². The van der Waals surface area contributed by atoms with Gasteiger partial charge in [0.15, 0.2) is 0 Å². The predicted molar refractivity (Wildman–Crippen MR) is 90.8 cm³/mol. The number of unbranched alkanes of at least 4 members (excludes halogenated alkanes) is 1. The number of hydrogen-bond donors (Lipinski definition) is 2. The third-order valence-corrected chi connectivity index (χ3v) is 5.30. The summed E-state index contributed by atoms with van der Waals surface area (Å²) in [6.45, 7) is 7.84. The first-order valence-electron chi connectivity index (χ1n) is 7.83. The fourth-order valence-electron chi connectivity index (χ4n) is 2.27. The van der Waals surface area contributed by atoms with E-state index in [1.165, 1.54) is 0 Å². The van der Waals surface area contributed by atoms with Crippen molar-refractivity contribution in [3.05, 3.63) is 29.8 Å². The van der Waals surface area contributed by atoms with Gasteiger partial charge in [0.1, 0.15) is 0 Å². The zero-order valence-electron chi connectivity index (χ0n) is 14.3. The third kappa shape index (κ3) is 6.71. The van der Waals surface area contributed by atoms with Gasteiger partial charge in [-0.2, -0.15) is 0 Å². The molecule has 1 aromatic rings. The third-order valence-electron chi connectivity index (χ3n) is 3.81. The minimum Gasteiger partial charge on any atom is -0.481 e. The number of nitrogens with one attached hydrogen (secondary N) is 1. The van der Waals surface area contributed by atoms with Crippen LogP contribution < -0.4 is 4.72 Å². The lowest BCUT2D eigenvalue weighted by Crippen LogP contribution is -2.43. The molecule has 23 heavy (non-hydrogen) atoms. The minimum atomic E-state index is -3.58. The van der Waals surface area contributed by atoms with Crippen LogP contribution in [0.3, 0.4) is 0 Å². The number of carboxylic acid groups (broad SMARTS) is 1. The standard InChI is InChI=1S/C17H27NO4S/c1-13-9-11-14(12-10-13)23(21,22)18-15(17(2,3)4)7-5-6-8-16(19)20/h9-12,15,18H,5-8H2,1-4H3,(H,19,20). The van der Waals surface area contributed by atoms with Gasteiger partial charge in [0.25, 0.3) is 0 Å². The molecule has 6 heteroatoms. The zero-order valence-corrected chi connectivity index (χ0v) is 15.1. The van der Waals surface area contributed by atoms with Gasteiger partial charge in [-0.1, -0.05) is 44.9 Å². The number of carbonyl (C=O) groups is 1. The van der Waals surface area contributed by atoms with Crippen molar-refractivity contribution >= 4 is 16.0 Å². The minimum absolute atomic E-state index is 0.113. The molecule has 0 aliphatic heterocycles. The van der Waals surface area contributed by atoms with Crippen molar-refractivity contribution in [1.29, 1.82) is 0 Å². The number of aliphatic carboxylic acids is 1. The molecular formula is C17H27NO4S. The largest absolute Gasteiger partial charge is 0.481 e. The normalized spacial score (nSPS) is 13.7. The van der Waals surface area contributed by atoms with Crippen molar-refractivity contribution in [2.24, 2.45) is 5.41 Å². The molecule has 0 aliphatic carbocycles. The molecule has 1 atom stereocenters. The smallest absolute Gasteiger partial charge is 0.303 e. The predicted octanol–water partition coefficient (Wildman–Crippen LogP) is 3.33. The average Bonchev–Trinajstić information content (AvgIpc) is 2.41. The molecule has 0 aromatic heterocycles. The van der Waals surface area contributed by atoms with E-state index in [1.807, 2.05) is 27.7 Å². The highest BCUT2D eigenvalue weighted by atomic mass is 32.2. The molecule has 5 nitrogen and oxygen atoms in total. The zero-order chi connectivity index (χ0) is 17.7. The quantitative estimate of drug-likeness (QED) is 0.710. The Kier molecular flexibility index (Phi) is 6.77. The summed E-state index contributed by atoms with van der Waals surface area (Å²) in [5.41, 5.74) is 0.756. The summed E-state index contributed by atoms with van der Waals surface area (Å²) in [7, 11) is -3.58. The van der Waals surface area contributed by atoms with Crippen LogP contribution in [0, 0.1) is 12.3 Å². The second-order valence-corrected chi connectivity index (χ2v) is 8.71. The molecule has 0 aliphatic rings. The van der Waals surface area contributed by atoms with E-state index in [-0.39, 0.29) is 22.8 Å². The molecule has 130 valence electrons. The summed E-state index contributed by atoms with van der Waals surface area (Å²) in [5, 5.41) is 8.68. The molecule has 0 saturated carbocycles. The summed E-state index contributed by atoms with van der Waals surface area (Å²) in [6.07, 6.45) is 1.95. The van der Waals surface area contributed by atoms with Gasteiger partial charge in [-0.25, -0.2) is 13.1 Å². The van der Waals surface area contributed by atoms with Crippen LogP contribution >= 0.6 is 0 Å². The highest BCUT2D eigenvalue weighted by molar-refractivity contribution is 7.89. The molecule has 2 N–H and O–H groups in total. The Labute approximate surface area is 139 Å². The highest BCUT2D eigenvalue weighted by Crippen LogP contribution is 2.25. The second-order valence-electron chi connectivity index (χ2n) is 6.99. The van der Waals surface area contributed by atoms with E-state index in [2.05, 4.69) is 4.72 Å².